The first kappa shape index (κ1) is 14.1. The first-order chi connectivity index (χ1) is 9.38. The minimum absolute atomic E-state index is 0.125. The van der Waals surface area contributed by atoms with E-state index >= 15 is 0 Å². The Hall–Kier alpha value is -2.27. The molecule has 2 aromatic carbocycles. The molecule has 6 heteroatoms. The van der Waals surface area contributed by atoms with Crippen molar-refractivity contribution in [2.75, 3.05) is 11.1 Å². The summed E-state index contributed by atoms with van der Waals surface area (Å²) in [5, 5.41) is 12.2. The maximum atomic E-state index is 13.6. The molecular weight excluding hydrogens is 283 g/mol. The monoisotopic (exact) mass is 294 g/mol. The molecule has 0 fully saturated rings. The summed E-state index contributed by atoms with van der Waals surface area (Å²) in [6, 6.07) is 7.44. The lowest BCUT2D eigenvalue weighted by Gasteiger charge is -2.12. The molecule has 2 aromatic rings. The lowest BCUT2D eigenvalue weighted by Crippen LogP contribution is -2.05. The second-order valence-corrected chi connectivity index (χ2v) is 4.74. The van der Waals surface area contributed by atoms with Crippen LogP contribution in [-0.4, -0.2) is 11.1 Å². The van der Waals surface area contributed by atoms with Crippen LogP contribution in [0.3, 0.4) is 0 Å². The molecule has 4 nitrogen and oxygen atoms in total. The number of nitrogen functional groups attached to an aromatic ring is 1. The van der Waals surface area contributed by atoms with E-state index in [1.165, 1.54) is 0 Å². The van der Waals surface area contributed by atoms with E-state index in [-0.39, 0.29) is 11.4 Å². The number of halogens is 2. The third-order valence-electron chi connectivity index (χ3n) is 2.76. The first-order valence-electron chi connectivity index (χ1n) is 5.74. The van der Waals surface area contributed by atoms with Crippen LogP contribution < -0.4 is 11.1 Å². The van der Waals surface area contributed by atoms with Gasteiger partial charge in [0, 0.05) is 6.07 Å². The lowest BCUT2D eigenvalue weighted by atomic mass is 10.1. The number of aryl methyl sites for hydroxylation is 1. The Kier molecular flexibility index (Phi) is 3.81. The Labute approximate surface area is 120 Å². The lowest BCUT2D eigenvalue weighted by molar-refractivity contribution is 0.0692. The van der Waals surface area contributed by atoms with Crippen LogP contribution in [-0.2, 0) is 0 Å². The highest BCUT2D eigenvalue weighted by Gasteiger charge is 2.14. The summed E-state index contributed by atoms with van der Waals surface area (Å²) in [7, 11) is 0. The maximum absolute atomic E-state index is 13.6. The maximum Gasteiger partial charge on any atom is 0.338 e. The van der Waals surface area contributed by atoms with Crippen LogP contribution in [0.25, 0.3) is 0 Å². The summed E-state index contributed by atoms with van der Waals surface area (Å²) < 4.78 is 13.6. The fourth-order valence-corrected chi connectivity index (χ4v) is 2.01. The predicted molar refractivity (Wildman–Crippen MR) is 77.2 cm³/mol. The number of carbonyl (C=O) groups is 1. The number of carboxylic acids is 1. The number of nitrogens with two attached hydrogens (primary N) is 1. The van der Waals surface area contributed by atoms with Gasteiger partial charge in [0.05, 0.1) is 27.6 Å². The van der Waals surface area contributed by atoms with Gasteiger partial charge in [-0.1, -0.05) is 17.7 Å². The van der Waals surface area contributed by atoms with Gasteiger partial charge in [-0.2, -0.15) is 0 Å². The van der Waals surface area contributed by atoms with Gasteiger partial charge in [-0.05, 0) is 30.7 Å². The summed E-state index contributed by atoms with van der Waals surface area (Å²) in [5.74, 6) is -2.23. The summed E-state index contributed by atoms with van der Waals surface area (Å²) in [5.41, 5.74) is 7.19. The van der Waals surface area contributed by atoms with Crippen LogP contribution in [0.15, 0.2) is 30.3 Å². The van der Waals surface area contributed by atoms with Gasteiger partial charge in [0.15, 0.2) is 0 Å². The molecule has 20 heavy (non-hydrogen) atoms. The van der Waals surface area contributed by atoms with Crippen molar-refractivity contribution in [3.05, 3.63) is 52.3 Å². The fourth-order valence-electron chi connectivity index (χ4n) is 1.73. The fraction of sp³-hybridized carbons (Fsp3) is 0.0714. The predicted octanol–water partition coefficient (Wildman–Crippen LogP) is 3.81. The zero-order valence-corrected chi connectivity index (χ0v) is 11.3. The Morgan fingerprint density at radius 3 is 2.60 bits per heavy atom. The zero-order valence-electron chi connectivity index (χ0n) is 10.6. The molecule has 0 aliphatic carbocycles. The topological polar surface area (TPSA) is 75.3 Å². The van der Waals surface area contributed by atoms with Crippen molar-refractivity contribution in [3.8, 4) is 0 Å². The standard InChI is InChI=1S/C14H12ClFN2O2/c1-7-2-3-12(9(15)4-7)18-13-6-10(16)8(14(19)20)5-11(13)17/h2-6,18H,17H2,1H3,(H,19,20). The Morgan fingerprint density at radius 1 is 1.30 bits per heavy atom. The van der Waals surface area contributed by atoms with E-state index in [9.17, 15) is 9.18 Å². The van der Waals surface area contributed by atoms with E-state index in [4.69, 9.17) is 22.4 Å². The second kappa shape index (κ2) is 5.38. The number of hydrogen-bond donors (Lipinski definition) is 3. The Bertz CT molecular complexity index is 689. The van der Waals surface area contributed by atoms with Gasteiger partial charge in [0.1, 0.15) is 5.82 Å². The van der Waals surface area contributed by atoms with Crippen LogP contribution in [0.4, 0.5) is 21.5 Å². The third kappa shape index (κ3) is 2.83. The molecule has 0 saturated carbocycles. The van der Waals surface area contributed by atoms with E-state index in [0.717, 1.165) is 17.7 Å². The molecule has 0 radical (unpaired) electrons. The molecule has 0 aliphatic rings. The quantitative estimate of drug-likeness (QED) is 0.752. The van der Waals surface area contributed by atoms with Gasteiger partial charge in [-0.3, -0.25) is 0 Å². The number of benzene rings is 2. The number of hydrogen-bond acceptors (Lipinski definition) is 3. The molecule has 0 aromatic heterocycles. The van der Waals surface area contributed by atoms with Crippen molar-refractivity contribution < 1.29 is 14.3 Å². The molecule has 0 saturated heterocycles. The van der Waals surface area contributed by atoms with Gasteiger partial charge < -0.3 is 16.2 Å². The Balaban J connectivity index is 2.39. The van der Waals surface area contributed by atoms with Crippen LogP contribution in [0, 0.1) is 12.7 Å². The second-order valence-electron chi connectivity index (χ2n) is 4.33. The van der Waals surface area contributed by atoms with Crippen molar-refractivity contribution in [2.24, 2.45) is 0 Å². The minimum Gasteiger partial charge on any atom is -0.478 e. The van der Waals surface area contributed by atoms with E-state index in [0.29, 0.717) is 10.7 Å². The molecule has 0 spiro atoms. The molecule has 0 aliphatic heterocycles. The van der Waals surface area contributed by atoms with Gasteiger partial charge in [0.25, 0.3) is 0 Å². The summed E-state index contributed by atoms with van der Waals surface area (Å²) in [4.78, 5) is 10.8. The minimum atomic E-state index is -1.37. The average molecular weight is 295 g/mol. The van der Waals surface area contributed by atoms with Crippen molar-refractivity contribution >= 4 is 34.6 Å². The van der Waals surface area contributed by atoms with E-state index in [1.54, 1.807) is 12.1 Å². The number of nitrogens with one attached hydrogen (secondary N) is 1. The zero-order chi connectivity index (χ0) is 14.9. The van der Waals surface area contributed by atoms with Gasteiger partial charge in [-0.25, -0.2) is 9.18 Å². The van der Waals surface area contributed by atoms with Crippen LogP contribution >= 0.6 is 11.6 Å². The smallest absolute Gasteiger partial charge is 0.338 e. The molecule has 0 atom stereocenters. The molecule has 104 valence electrons. The third-order valence-corrected chi connectivity index (χ3v) is 3.08. The Morgan fingerprint density at radius 2 is 2.00 bits per heavy atom. The number of anilines is 3. The van der Waals surface area contributed by atoms with E-state index < -0.39 is 17.3 Å². The van der Waals surface area contributed by atoms with E-state index in [2.05, 4.69) is 5.32 Å². The first-order valence-corrected chi connectivity index (χ1v) is 6.12. The summed E-state index contributed by atoms with van der Waals surface area (Å²) >= 11 is 6.06. The summed E-state index contributed by atoms with van der Waals surface area (Å²) in [6.45, 7) is 1.89. The normalized spacial score (nSPS) is 10.3. The highest BCUT2D eigenvalue weighted by atomic mass is 35.5. The molecule has 0 bridgehead atoms. The van der Waals surface area contributed by atoms with E-state index in [1.807, 2.05) is 13.0 Å². The molecule has 0 unspecified atom stereocenters. The van der Waals surface area contributed by atoms with Crippen molar-refractivity contribution in [2.45, 2.75) is 6.92 Å². The van der Waals surface area contributed by atoms with Crippen LogP contribution in [0.1, 0.15) is 15.9 Å². The highest BCUT2D eigenvalue weighted by molar-refractivity contribution is 6.33. The van der Waals surface area contributed by atoms with Crippen molar-refractivity contribution in [1.29, 1.82) is 0 Å². The average Bonchev–Trinajstić information content (AvgIpc) is 2.36. The van der Waals surface area contributed by atoms with Crippen molar-refractivity contribution in [3.63, 3.8) is 0 Å². The summed E-state index contributed by atoms with van der Waals surface area (Å²) in [6.07, 6.45) is 0. The highest BCUT2D eigenvalue weighted by Crippen LogP contribution is 2.30. The number of aromatic carboxylic acids is 1. The molecule has 0 amide bonds. The van der Waals surface area contributed by atoms with Gasteiger partial charge >= 0.3 is 5.97 Å². The molecule has 2 rings (SSSR count). The van der Waals surface area contributed by atoms with Gasteiger partial charge in [-0.15, -0.1) is 0 Å². The van der Waals surface area contributed by atoms with Crippen LogP contribution in [0.2, 0.25) is 5.02 Å². The number of rotatable bonds is 3. The largest absolute Gasteiger partial charge is 0.478 e. The molecule has 4 N–H and O–H groups in total. The number of carboxylic acid groups (broad SMARTS) is 1. The van der Waals surface area contributed by atoms with Crippen molar-refractivity contribution in [1.82, 2.24) is 0 Å². The van der Waals surface area contributed by atoms with Gasteiger partial charge in [0.2, 0.25) is 0 Å². The van der Waals surface area contributed by atoms with Crippen LogP contribution in [0.5, 0.6) is 0 Å². The SMILES string of the molecule is Cc1ccc(Nc2cc(F)c(C(=O)O)cc2N)c(Cl)c1. The molecule has 0 heterocycles. The molecular formula is C14H12ClFN2O2.